The van der Waals surface area contributed by atoms with Gasteiger partial charge in [-0.15, -0.1) is 12.1 Å². The molecule has 0 aromatic heterocycles. The van der Waals surface area contributed by atoms with Crippen LogP contribution in [-0.2, 0) is 10.9 Å². The normalized spacial score (nSPS) is 14.9. The predicted molar refractivity (Wildman–Crippen MR) is 39.7 cm³/mol. The summed E-state index contributed by atoms with van der Waals surface area (Å²) in [6, 6.07) is 4.96. The summed E-state index contributed by atoms with van der Waals surface area (Å²) in [5.74, 6) is 0. The molecule has 1 aromatic carbocycles. The number of hydrogen-bond acceptors (Lipinski definition) is 1. The Morgan fingerprint density at radius 3 is 2.00 bits per heavy atom. The fourth-order valence-electron chi connectivity index (χ4n) is 1.05. The third-order valence-electron chi connectivity index (χ3n) is 1.82. The number of rotatable bonds is 1. The number of benzene rings is 1. The van der Waals surface area contributed by atoms with E-state index in [1.807, 2.05) is 0 Å². The molecule has 1 aromatic rings. The smallest absolute Gasteiger partial charge is 0.414 e. The average molecular weight is 194 g/mol. The summed E-state index contributed by atoms with van der Waals surface area (Å²) in [6.45, 7) is 0.533. The minimum absolute atomic E-state index is 0. The van der Waals surface area contributed by atoms with Crippen molar-refractivity contribution in [3.05, 3.63) is 41.5 Å². The van der Waals surface area contributed by atoms with Gasteiger partial charge in [0.2, 0.25) is 0 Å². The molecule has 1 nitrogen and oxygen atoms in total. The first kappa shape index (κ1) is 11.5. The van der Waals surface area contributed by atoms with Crippen molar-refractivity contribution in [2.24, 2.45) is 0 Å². The zero-order valence-corrected chi connectivity index (χ0v) is 7.56. The summed E-state index contributed by atoms with van der Waals surface area (Å²) < 4.78 is 41.2. The second-order valence-electron chi connectivity index (χ2n) is 2.79. The van der Waals surface area contributed by atoms with Crippen LogP contribution in [0.3, 0.4) is 0 Å². The van der Waals surface area contributed by atoms with Crippen LogP contribution in [-0.4, -0.2) is 6.61 Å². The van der Waals surface area contributed by atoms with Gasteiger partial charge in [0.1, 0.15) is 0 Å². The summed E-state index contributed by atoms with van der Waals surface area (Å²) in [5.41, 5.74) is 0.102. The zero-order chi connectivity index (χ0) is 9.47. The molecule has 1 saturated heterocycles. The maximum Gasteiger partial charge on any atom is 1.00 e. The quantitative estimate of drug-likeness (QED) is 0.337. The molecule has 0 aliphatic carbocycles. The van der Waals surface area contributed by atoms with Gasteiger partial charge < -0.3 is 4.74 Å². The van der Waals surface area contributed by atoms with Crippen LogP contribution in [0, 0.1) is 6.10 Å². The first-order valence-electron chi connectivity index (χ1n) is 3.73. The summed E-state index contributed by atoms with van der Waals surface area (Å²) in [5, 5.41) is 0. The zero-order valence-electron chi connectivity index (χ0n) is 7.56. The summed E-state index contributed by atoms with van der Waals surface area (Å²) in [7, 11) is 0. The van der Waals surface area contributed by atoms with Gasteiger partial charge in [-0.05, 0) is 6.10 Å². The Balaban J connectivity index is 0.000000980. The molecule has 14 heavy (non-hydrogen) atoms. The molecule has 0 N–H and O–H groups in total. The Labute approximate surface area is 91.4 Å². The van der Waals surface area contributed by atoms with E-state index in [-0.39, 0.29) is 18.9 Å². The summed E-state index contributed by atoms with van der Waals surface area (Å²) in [6.07, 6.45) is -3.50. The van der Waals surface area contributed by atoms with Crippen LogP contribution >= 0.6 is 0 Å². The van der Waals surface area contributed by atoms with Crippen molar-refractivity contribution in [2.75, 3.05) is 6.61 Å². The third kappa shape index (κ3) is 2.47. The van der Waals surface area contributed by atoms with E-state index in [0.29, 0.717) is 6.61 Å². The first-order chi connectivity index (χ1) is 6.07. The number of halogens is 3. The van der Waals surface area contributed by atoms with Crippen LogP contribution in [0.25, 0.3) is 0 Å². The first-order valence-corrected chi connectivity index (χ1v) is 3.73. The third-order valence-corrected chi connectivity index (χ3v) is 1.82. The van der Waals surface area contributed by atoms with E-state index in [0.717, 1.165) is 23.8 Å². The average Bonchev–Trinajstić information content (AvgIpc) is 2.85. The van der Waals surface area contributed by atoms with E-state index in [2.05, 4.69) is 0 Å². The summed E-state index contributed by atoms with van der Waals surface area (Å²) >= 11 is 0. The minimum atomic E-state index is -4.26. The molecule has 0 atom stereocenters. The van der Waals surface area contributed by atoms with Gasteiger partial charge in [0.25, 0.3) is 0 Å². The van der Waals surface area contributed by atoms with Crippen LogP contribution in [0.5, 0.6) is 0 Å². The Hall–Kier alpha value is -0.563. The molecular weight excluding hydrogens is 188 g/mol. The van der Waals surface area contributed by atoms with Gasteiger partial charge in [0.15, 0.2) is 0 Å². The van der Waals surface area contributed by atoms with Gasteiger partial charge in [-0.3, -0.25) is 0 Å². The number of ether oxygens (including phenoxy) is 1. The largest absolute Gasteiger partial charge is 1.00 e. The van der Waals surface area contributed by atoms with Gasteiger partial charge in [0.05, 0.1) is 0 Å². The molecule has 0 radical (unpaired) electrons. The molecule has 0 amide bonds. The molecular formula is C9H6F3LiO. The SMILES string of the molecule is FC(F)(F)c1ccc([C-]2CO2)cc1.[Li+]. The molecule has 1 fully saturated rings. The van der Waals surface area contributed by atoms with Crippen molar-refractivity contribution >= 4 is 0 Å². The van der Waals surface area contributed by atoms with E-state index in [1.165, 1.54) is 12.1 Å². The molecule has 0 spiro atoms. The van der Waals surface area contributed by atoms with Crippen molar-refractivity contribution in [2.45, 2.75) is 6.18 Å². The maximum atomic E-state index is 12.1. The van der Waals surface area contributed by atoms with E-state index in [4.69, 9.17) is 4.74 Å². The molecule has 70 valence electrons. The van der Waals surface area contributed by atoms with Crippen molar-refractivity contribution in [3.8, 4) is 0 Å². The van der Waals surface area contributed by atoms with Gasteiger partial charge in [-0.1, -0.05) is 0 Å². The standard InChI is InChI=1S/C9H6F3O.Li/c10-9(11,12)7-3-1-6(2-4-7)8-5-13-8;/h1-4H,5H2;/q-1;+1. The monoisotopic (exact) mass is 194 g/mol. The van der Waals surface area contributed by atoms with E-state index >= 15 is 0 Å². The minimum Gasteiger partial charge on any atom is -0.414 e. The fourth-order valence-corrected chi connectivity index (χ4v) is 1.05. The Bertz CT molecular complexity index is 303. The van der Waals surface area contributed by atoms with Crippen LogP contribution in [0.1, 0.15) is 11.1 Å². The van der Waals surface area contributed by atoms with Gasteiger partial charge in [0, 0.05) is 12.2 Å². The van der Waals surface area contributed by atoms with Crippen LogP contribution in [0.15, 0.2) is 24.3 Å². The Morgan fingerprint density at radius 2 is 1.64 bits per heavy atom. The maximum absolute atomic E-state index is 12.1. The molecule has 0 saturated carbocycles. The van der Waals surface area contributed by atoms with Gasteiger partial charge >= 0.3 is 25.0 Å². The topological polar surface area (TPSA) is 12.5 Å². The molecule has 1 heterocycles. The Kier molecular flexibility index (Phi) is 3.20. The fraction of sp³-hybridized carbons (Fsp3) is 0.222. The number of hydrogen-bond donors (Lipinski definition) is 0. The predicted octanol–water partition coefficient (Wildman–Crippen LogP) is -0.380. The second kappa shape index (κ2) is 3.90. The molecule has 0 bridgehead atoms. The van der Waals surface area contributed by atoms with Crippen molar-refractivity contribution in [3.63, 3.8) is 0 Å². The van der Waals surface area contributed by atoms with Crippen LogP contribution in [0.4, 0.5) is 13.2 Å². The van der Waals surface area contributed by atoms with Crippen LogP contribution in [0.2, 0.25) is 0 Å². The van der Waals surface area contributed by atoms with Gasteiger partial charge in [-0.25, -0.2) is 0 Å². The summed E-state index contributed by atoms with van der Waals surface area (Å²) in [4.78, 5) is 0. The van der Waals surface area contributed by atoms with Crippen molar-refractivity contribution < 1.29 is 36.8 Å². The second-order valence-corrected chi connectivity index (χ2v) is 2.79. The molecule has 2 rings (SSSR count). The van der Waals surface area contributed by atoms with Crippen molar-refractivity contribution in [1.29, 1.82) is 0 Å². The van der Waals surface area contributed by atoms with E-state index in [9.17, 15) is 13.2 Å². The Morgan fingerprint density at radius 1 is 1.14 bits per heavy atom. The number of alkyl halides is 3. The molecule has 1 aliphatic heterocycles. The van der Waals surface area contributed by atoms with Gasteiger partial charge in [-0.2, -0.15) is 30.9 Å². The van der Waals surface area contributed by atoms with E-state index in [1.54, 1.807) is 0 Å². The van der Waals surface area contributed by atoms with Crippen molar-refractivity contribution in [1.82, 2.24) is 0 Å². The molecule has 1 aliphatic rings. The molecule has 5 heteroatoms. The number of epoxide rings is 1. The van der Waals surface area contributed by atoms with Crippen LogP contribution < -0.4 is 18.9 Å². The molecule has 0 unspecified atom stereocenters. The van der Waals surface area contributed by atoms with E-state index < -0.39 is 11.7 Å².